The Morgan fingerprint density at radius 3 is 2.02 bits per heavy atom. The molecular weight excluding hydrogens is 675 g/mol. The summed E-state index contributed by atoms with van der Waals surface area (Å²) in [4.78, 5) is 2.46. The molecular formula is C55H99N. The van der Waals surface area contributed by atoms with Gasteiger partial charge >= 0.3 is 0 Å². The fourth-order valence-electron chi connectivity index (χ4n) is 13.5. The van der Waals surface area contributed by atoms with Gasteiger partial charge < -0.3 is 4.90 Å². The van der Waals surface area contributed by atoms with Crippen LogP contribution in [0.2, 0.25) is 0 Å². The second-order valence-electron chi connectivity index (χ2n) is 21.9. The second kappa shape index (κ2) is 25.7. The molecule has 1 nitrogen and oxygen atoms in total. The van der Waals surface area contributed by atoms with Crippen LogP contribution in [0.15, 0.2) is 36.0 Å². The highest BCUT2D eigenvalue weighted by Crippen LogP contribution is 2.67. The lowest BCUT2D eigenvalue weighted by molar-refractivity contribution is -0.0529. The zero-order chi connectivity index (χ0) is 40.2. The Morgan fingerprint density at radius 1 is 0.679 bits per heavy atom. The van der Waals surface area contributed by atoms with Crippen LogP contribution in [0.4, 0.5) is 0 Å². The lowest BCUT2D eigenvalue weighted by Crippen LogP contribution is -2.50. The van der Waals surface area contributed by atoms with E-state index in [1.165, 1.54) is 193 Å². The average molecular weight is 774 g/mol. The van der Waals surface area contributed by atoms with E-state index in [1.807, 2.05) is 5.57 Å². The molecule has 1 heteroatoms. The number of hydrogen-bond donors (Lipinski definition) is 0. The van der Waals surface area contributed by atoms with E-state index in [4.69, 9.17) is 0 Å². The molecule has 0 heterocycles. The summed E-state index contributed by atoms with van der Waals surface area (Å²) in [5, 5.41) is 0. The molecule has 0 spiro atoms. The summed E-state index contributed by atoms with van der Waals surface area (Å²) in [6, 6.07) is 0. The third-order valence-corrected chi connectivity index (χ3v) is 16.8. The molecule has 4 aliphatic rings. The van der Waals surface area contributed by atoms with Crippen molar-refractivity contribution in [3.63, 3.8) is 0 Å². The summed E-state index contributed by atoms with van der Waals surface area (Å²) < 4.78 is 0. The van der Waals surface area contributed by atoms with Gasteiger partial charge in [-0.2, -0.15) is 0 Å². The molecule has 0 aromatic carbocycles. The number of rotatable bonds is 29. The van der Waals surface area contributed by atoms with Gasteiger partial charge in [-0.15, -0.1) is 0 Å². The van der Waals surface area contributed by atoms with Gasteiger partial charge in [-0.1, -0.05) is 174 Å². The van der Waals surface area contributed by atoms with Crippen molar-refractivity contribution >= 4 is 0 Å². The summed E-state index contributed by atoms with van der Waals surface area (Å²) in [5.74, 6) is 7.55. The van der Waals surface area contributed by atoms with Crippen molar-refractivity contribution in [3.05, 3.63) is 36.0 Å². The number of hydrogen-bond acceptors (Lipinski definition) is 1. The van der Waals surface area contributed by atoms with E-state index in [0.29, 0.717) is 10.8 Å². The first kappa shape index (κ1) is 47.9. The van der Waals surface area contributed by atoms with Crippen molar-refractivity contribution in [2.24, 2.45) is 58.2 Å². The molecule has 9 atom stereocenters. The maximum Gasteiger partial charge on any atom is 0.000356 e. The standard InChI is InChI=1S/C55H99N/c1-9-10-11-12-13-14-15-16-17-18-19-20-21-22-23-24-25-26-33-48(44-56(7)8)34-28-27-32-47-39-41-54(5)49(43-47)35-36-50-52-38-37-51(46(4)31-29-30-45(2)3)55(52,6)42-40-53(50)54/h13-14,16-17,35,45-48,50-53H,9-12,15,18-34,36-44H2,1-8H3/b14-13-,17-16-/t46?,47-,48?,50?,51?,52?,53?,54-,55?/m0/s1. The minimum absolute atomic E-state index is 0.515. The third-order valence-electron chi connectivity index (χ3n) is 16.8. The Balaban J connectivity index is 1.07. The molecule has 3 fully saturated rings. The zero-order valence-corrected chi connectivity index (χ0v) is 39.4. The molecule has 56 heavy (non-hydrogen) atoms. The number of nitrogens with zero attached hydrogens (tertiary/aromatic N) is 1. The lowest BCUT2D eigenvalue weighted by atomic mass is 9.46. The molecule has 0 aliphatic heterocycles. The minimum Gasteiger partial charge on any atom is -0.309 e. The first-order chi connectivity index (χ1) is 27.1. The largest absolute Gasteiger partial charge is 0.309 e. The van der Waals surface area contributed by atoms with Crippen LogP contribution in [0.1, 0.15) is 234 Å². The third kappa shape index (κ3) is 15.0. The molecule has 4 aliphatic carbocycles. The molecule has 324 valence electrons. The Labute approximate surface area is 352 Å². The topological polar surface area (TPSA) is 3.24 Å². The van der Waals surface area contributed by atoms with Crippen LogP contribution >= 0.6 is 0 Å². The Bertz CT molecular complexity index is 1130. The first-order valence-corrected chi connectivity index (χ1v) is 25.7. The molecule has 0 N–H and O–H groups in total. The van der Waals surface area contributed by atoms with Gasteiger partial charge in [0.05, 0.1) is 0 Å². The fourth-order valence-corrected chi connectivity index (χ4v) is 13.5. The molecule has 0 aromatic rings. The maximum atomic E-state index is 2.85. The summed E-state index contributed by atoms with van der Waals surface area (Å²) in [5.41, 5.74) is 3.05. The number of allylic oxidation sites excluding steroid dienone is 6. The highest BCUT2D eigenvalue weighted by molar-refractivity contribution is 5.25. The quantitative estimate of drug-likeness (QED) is 0.0540. The highest BCUT2D eigenvalue weighted by Gasteiger charge is 2.59. The summed E-state index contributed by atoms with van der Waals surface area (Å²) in [6.45, 7) is 16.5. The molecule has 0 bridgehead atoms. The first-order valence-electron chi connectivity index (χ1n) is 25.7. The van der Waals surface area contributed by atoms with Crippen molar-refractivity contribution in [1.29, 1.82) is 0 Å². The lowest BCUT2D eigenvalue weighted by Gasteiger charge is -2.58. The van der Waals surface area contributed by atoms with Crippen LogP contribution < -0.4 is 0 Å². The second-order valence-corrected chi connectivity index (χ2v) is 21.9. The van der Waals surface area contributed by atoms with Crippen LogP contribution in [0.3, 0.4) is 0 Å². The van der Waals surface area contributed by atoms with E-state index < -0.39 is 0 Å². The van der Waals surface area contributed by atoms with E-state index in [1.54, 1.807) is 0 Å². The summed E-state index contributed by atoms with van der Waals surface area (Å²) >= 11 is 0. The Hall–Kier alpha value is -0.820. The van der Waals surface area contributed by atoms with Crippen LogP contribution in [0.5, 0.6) is 0 Å². The Morgan fingerprint density at radius 2 is 1.34 bits per heavy atom. The average Bonchev–Trinajstić information content (AvgIpc) is 3.53. The van der Waals surface area contributed by atoms with Gasteiger partial charge in [0.15, 0.2) is 0 Å². The van der Waals surface area contributed by atoms with Crippen molar-refractivity contribution in [2.75, 3.05) is 20.6 Å². The molecule has 4 rings (SSSR count). The maximum absolute atomic E-state index is 2.85. The van der Waals surface area contributed by atoms with Gasteiger partial charge in [-0.05, 0) is 169 Å². The van der Waals surface area contributed by atoms with Crippen molar-refractivity contribution in [1.82, 2.24) is 4.90 Å². The molecule has 0 amide bonds. The monoisotopic (exact) mass is 774 g/mol. The van der Waals surface area contributed by atoms with Gasteiger partial charge in [-0.25, -0.2) is 0 Å². The van der Waals surface area contributed by atoms with E-state index in [-0.39, 0.29) is 0 Å². The summed E-state index contributed by atoms with van der Waals surface area (Å²) in [7, 11) is 4.59. The predicted molar refractivity (Wildman–Crippen MR) is 250 cm³/mol. The fraction of sp³-hybridized carbons (Fsp3) is 0.891. The van der Waals surface area contributed by atoms with Gasteiger partial charge in [0.25, 0.3) is 0 Å². The van der Waals surface area contributed by atoms with Crippen LogP contribution in [-0.2, 0) is 0 Å². The molecule has 3 saturated carbocycles. The molecule has 7 unspecified atom stereocenters. The van der Waals surface area contributed by atoms with Crippen molar-refractivity contribution in [3.8, 4) is 0 Å². The van der Waals surface area contributed by atoms with E-state index >= 15 is 0 Å². The minimum atomic E-state index is 0.515. The molecule has 0 saturated heterocycles. The van der Waals surface area contributed by atoms with Gasteiger partial charge in [0, 0.05) is 6.54 Å². The SMILES string of the molecule is CCCCC/C=C\C/C=C\CCCCCCCCCCC(CCCC[C@H]1CC[C@@]2(C)C(=CCC3C4CCC(C(C)CCCC(C)C)C4(C)CCC32)C1)CN(C)C. The highest BCUT2D eigenvalue weighted by atomic mass is 15.1. The summed E-state index contributed by atoms with van der Waals surface area (Å²) in [6.07, 6.45) is 55.1. The Kier molecular flexibility index (Phi) is 22.0. The predicted octanol–water partition coefficient (Wildman–Crippen LogP) is 17.4. The number of fused-ring (bicyclic) bond motifs is 5. The van der Waals surface area contributed by atoms with Crippen molar-refractivity contribution < 1.29 is 0 Å². The van der Waals surface area contributed by atoms with Crippen LogP contribution in [0.25, 0.3) is 0 Å². The van der Waals surface area contributed by atoms with E-state index in [2.05, 4.69) is 90.9 Å². The van der Waals surface area contributed by atoms with Crippen LogP contribution in [0, 0.1) is 58.2 Å². The molecule has 0 aromatic heterocycles. The van der Waals surface area contributed by atoms with Gasteiger partial charge in [0.2, 0.25) is 0 Å². The van der Waals surface area contributed by atoms with E-state index in [0.717, 1.165) is 53.8 Å². The van der Waals surface area contributed by atoms with Gasteiger partial charge in [-0.3, -0.25) is 0 Å². The van der Waals surface area contributed by atoms with E-state index in [9.17, 15) is 0 Å². The van der Waals surface area contributed by atoms with Crippen LogP contribution in [-0.4, -0.2) is 25.5 Å². The molecule has 0 radical (unpaired) electrons. The smallest absolute Gasteiger partial charge is 0.000356 e. The van der Waals surface area contributed by atoms with Gasteiger partial charge in [0.1, 0.15) is 0 Å². The van der Waals surface area contributed by atoms with Crippen molar-refractivity contribution in [2.45, 2.75) is 234 Å². The normalized spacial score (nSPS) is 30.2. The zero-order valence-electron chi connectivity index (χ0n) is 39.4. The number of unbranched alkanes of at least 4 members (excludes halogenated alkanes) is 12.